The fourth-order valence-electron chi connectivity index (χ4n) is 2.75. The van der Waals surface area contributed by atoms with E-state index in [0.29, 0.717) is 28.3 Å². The minimum Gasteiger partial charge on any atom is -0.322 e. The van der Waals surface area contributed by atoms with Crippen molar-refractivity contribution >= 4 is 34.2 Å². The summed E-state index contributed by atoms with van der Waals surface area (Å²) in [4.78, 5) is 12.2. The lowest BCUT2D eigenvalue weighted by Gasteiger charge is -2.07. The molecule has 0 unspecified atom stereocenters. The van der Waals surface area contributed by atoms with Crippen molar-refractivity contribution < 1.29 is 9.18 Å². The first-order chi connectivity index (χ1) is 13.1. The number of aromatic nitrogens is 3. The molecule has 4 aromatic rings. The number of nitrogens with one attached hydrogen (secondary N) is 1. The Hall–Kier alpha value is -3.25. The molecule has 134 valence electrons. The predicted octanol–water partition coefficient (Wildman–Crippen LogP) is 4.52. The molecule has 0 spiro atoms. The van der Waals surface area contributed by atoms with Crippen LogP contribution in [0.4, 0.5) is 10.1 Å². The summed E-state index contributed by atoms with van der Waals surface area (Å²) in [5, 5.41) is 11.3. The summed E-state index contributed by atoms with van der Waals surface area (Å²) in [5.74, 6) is -0.601. The molecule has 0 bridgehead atoms. The quantitative estimate of drug-likeness (QED) is 0.566. The number of carbonyl (C=O) groups excluding carboxylic acids is 1. The maximum absolute atomic E-state index is 13.7. The van der Waals surface area contributed by atoms with E-state index < -0.39 is 0 Å². The Morgan fingerprint density at radius 3 is 2.52 bits per heavy atom. The van der Waals surface area contributed by atoms with E-state index in [2.05, 4.69) is 15.6 Å². The Bertz CT molecular complexity index is 1110. The molecule has 3 aromatic carbocycles. The molecule has 1 heterocycles. The molecule has 0 saturated heterocycles. The van der Waals surface area contributed by atoms with E-state index >= 15 is 0 Å². The van der Waals surface area contributed by atoms with Gasteiger partial charge in [-0.1, -0.05) is 35.0 Å². The smallest absolute Gasteiger partial charge is 0.255 e. The molecule has 1 aromatic heterocycles. The molecule has 0 atom stereocenters. The number of nitrogens with zero attached hydrogens (tertiary/aromatic N) is 3. The van der Waals surface area contributed by atoms with Crippen LogP contribution in [-0.4, -0.2) is 20.9 Å². The minimum atomic E-state index is -0.390. The summed E-state index contributed by atoms with van der Waals surface area (Å²) in [7, 11) is 0. The van der Waals surface area contributed by atoms with Gasteiger partial charge >= 0.3 is 0 Å². The van der Waals surface area contributed by atoms with E-state index in [9.17, 15) is 9.18 Å². The number of rotatable bonds is 4. The van der Waals surface area contributed by atoms with Gasteiger partial charge in [0.05, 0.1) is 12.1 Å². The highest BCUT2D eigenvalue weighted by atomic mass is 35.5. The second-order valence-electron chi connectivity index (χ2n) is 6.01. The van der Waals surface area contributed by atoms with Crippen LogP contribution in [0, 0.1) is 5.82 Å². The molecule has 0 saturated carbocycles. The van der Waals surface area contributed by atoms with E-state index in [0.717, 1.165) is 5.56 Å². The molecular formula is C20H14ClFN4O. The lowest BCUT2D eigenvalue weighted by Crippen LogP contribution is -2.11. The second kappa shape index (κ2) is 7.17. The topological polar surface area (TPSA) is 59.8 Å². The molecule has 0 aliphatic carbocycles. The van der Waals surface area contributed by atoms with Crippen molar-refractivity contribution in [3.63, 3.8) is 0 Å². The van der Waals surface area contributed by atoms with Gasteiger partial charge in [0.25, 0.3) is 5.91 Å². The van der Waals surface area contributed by atoms with Crippen LogP contribution >= 0.6 is 11.6 Å². The fourth-order valence-corrected chi connectivity index (χ4v) is 2.87. The third-order valence-electron chi connectivity index (χ3n) is 4.15. The Kier molecular flexibility index (Phi) is 4.56. The van der Waals surface area contributed by atoms with Gasteiger partial charge in [-0.15, -0.1) is 5.10 Å². The Labute approximate surface area is 159 Å². The maximum atomic E-state index is 13.7. The highest BCUT2D eigenvalue weighted by Crippen LogP contribution is 2.17. The number of halogens is 2. The normalized spacial score (nSPS) is 10.9. The summed E-state index contributed by atoms with van der Waals surface area (Å²) in [6.07, 6.45) is 0. The first-order valence-electron chi connectivity index (χ1n) is 8.24. The van der Waals surface area contributed by atoms with Crippen LogP contribution < -0.4 is 5.32 Å². The standard InChI is InChI=1S/C20H14ClFN4O/c21-15-8-6-14(7-9-15)20(27)23-16-10-4-13(5-11-16)12-26-18-3-1-2-17(22)19(18)24-25-26/h1-11H,12H2,(H,23,27). The summed E-state index contributed by atoms with van der Waals surface area (Å²) < 4.78 is 15.4. The van der Waals surface area contributed by atoms with Gasteiger partial charge in [-0.3, -0.25) is 4.79 Å². The lowest BCUT2D eigenvalue weighted by molar-refractivity contribution is 0.102. The number of hydrogen-bond acceptors (Lipinski definition) is 3. The van der Waals surface area contributed by atoms with Crippen molar-refractivity contribution in [3.8, 4) is 0 Å². The molecule has 27 heavy (non-hydrogen) atoms. The van der Waals surface area contributed by atoms with Gasteiger partial charge in [0.2, 0.25) is 0 Å². The van der Waals surface area contributed by atoms with E-state index in [-0.39, 0.29) is 17.2 Å². The average molecular weight is 381 g/mol. The molecule has 7 heteroatoms. The molecule has 0 radical (unpaired) electrons. The second-order valence-corrected chi connectivity index (χ2v) is 6.45. The molecule has 5 nitrogen and oxygen atoms in total. The third-order valence-corrected chi connectivity index (χ3v) is 4.40. The first kappa shape index (κ1) is 17.2. The maximum Gasteiger partial charge on any atom is 0.255 e. The zero-order valence-corrected chi connectivity index (χ0v) is 14.8. The van der Waals surface area contributed by atoms with Gasteiger partial charge in [0.15, 0.2) is 5.82 Å². The summed E-state index contributed by atoms with van der Waals surface area (Å²) in [5.41, 5.74) is 3.04. The van der Waals surface area contributed by atoms with Crippen molar-refractivity contribution in [2.75, 3.05) is 5.32 Å². The summed E-state index contributed by atoms with van der Waals surface area (Å²) in [6, 6.07) is 18.8. The average Bonchev–Trinajstić information content (AvgIpc) is 3.08. The van der Waals surface area contributed by atoms with Gasteiger partial charge in [-0.05, 0) is 54.1 Å². The van der Waals surface area contributed by atoms with Crippen LogP contribution in [-0.2, 0) is 6.54 Å². The van der Waals surface area contributed by atoms with E-state index in [1.165, 1.54) is 6.07 Å². The van der Waals surface area contributed by atoms with Crippen molar-refractivity contribution in [2.45, 2.75) is 6.54 Å². The Balaban J connectivity index is 1.48. The molecule has 1 amide bonds. The number of amides is 1. The van der Waals surface area contributed by atoms with Gasteiger partial charge < -0.3 is 5.32 Å². The van der Waals surface area contributed by atoms with Crippen molar-refractivity contribution in [1.29, 1.82) is 0 Å². The zero-order valence-electron chi connectivity index (χ0n) is 14.1. The molecule has 0 aliphatic rings. The van der Waals surface area contributed by atoms with E-state index in [4.69, 9.17) is 11.6 Å². The Morgan fingerprint density at radius 2 is 1.78 bits per heavy atom. The number of carbonyl (C=O) groups is 1. The van der Waals surface area contributed by atoms with Gasteiger partial charge in [-0.25, -0.2) is 9.07 Å². The van der Waals surface area contributed by atoms with Crippen LogP contribution in [0.2, 0.25) is 5.02 Å². The molecule has 0 aliphatic heterocycles. The highest BCUT2D eigenvalue weighted by molar-refractivity contribution is 6.30. The van der Waals surface area contributed by atoms with Gasteiger partial charge in [-0.2, -0.15) is 0 Å². The van der Waals surface area contributed by atoms with Crippen LogP contribution in [0.1, 0.15) is 15.9 Å². The SMILES string of the molecule is O=C(Nc1ccc(Cn2nnc3c(F)cccc32)cc1)c1ccc(Cl)cc1. The summed E-state index contributed by atoms with van der Waals surface area (Å²) in [6.45, 7) is 0.450. The minimum absolute atomic E-state index is 0.211. The van der Waals surface area contributed by atoms with Crippen molar-refractivity contribution in [2.24, 2.45) is 0 Å². The van der Waals surface area contributed by atoms with Crippen molar-refractivity contribution in [1.82, 2.24) is 15.0 Å². The number of hydrogen-bond donors (Lipinski definition) is 1. The van der Waals surface area contributed by atoms with Crippen LogP contribution in [0.3, 0.4) is 0 Å². The molecule has 0 fully saturated rings. The zero-order chi connectivity index (χ0) is 18.8. The Morgan fingerprint density at radius 1 is 1.04 bits per heavy atom. The highest BCUT2D eigenvalue weighted by Gasteiger charge is 2.09. The fraction of sp³-hybridized carbons (Fsp3) is 0.0500. The largest absolute Gasteiger partial charge is 0.322 e. The molecule has 1 N–H and O–H groups in total. The molecule has 4 rings (SSSR count). The van der Waals surface area contributed by atoms with Crippen molar-refractivity contribution in [3.05, 3.63) is 88.7 Å². The predicted molar refractivity (Wildman–Crippen MR) is 102 cm³/mol. The number of fused-ring (bicyclic) bond motifs is 1. The van der Waals surface area contributed by atoms with Crippen LogP contribution in [0.5, 0.6) is 0 Å². The van der Waals surface area contributed by atoms with Crippen LogP contribution in [0.15, 0.2) is 66.7 Å². The van der Waals surface area contributed by atoms with Gasteiger partial charge in [0.1, 0.15) is 5.52 Å². The summed E-state index contributed by atoms with van der Waals surface area (Å²) >= 11 is 5.83. The first-order valence-corrected chi connectivity index (χ1v) is 8.61. The van der Waals surface area contributed by atoms with Crippen LogP contribution in [0.25, 0.3) is 11.0 Å². The van der Waals surface area contributed by atoms with Gasteiger partial charge in [0, 0.05) is 16.3 Å². The number of anilines is 1. The third kappa shape index (κ3) is 3.66. The van der Waals surface area contributed by atoms with E-state index in [1.54, 1.807) is 41.1 Å². The lowest BCUT2D eigenvalue weighted by atomic mass is 10.1. The van der Waals surface area contributed by atoms with E-state index in [1.807, 2.05) is 24.3 Å². The monoisotopic (exact) mass is 380 g/mol. The number of benzene rings is 3. The molecular weight excluding hydrogens is 367 g/mol.